The summed E-state index contributed by atoms with van der Waals surface area (Å²) < 4.78 is 0. The molecule has 3 atom stereocenters. The fourth-order valence-electron chi connectivity index (χ4n) is 2.91. The van der Waals surface area contributed by atoms with Gasteiger partial charge in [0.2, 0.25) is 0 Å². The first kappa shape index (κ1) is 20.4. The molecule has 1 aliphatic rings. The van der Waals surface area contributed by atoms with Gasteiger partial charge in [0.1, 0.15) is 5.60 Å². The Morgan fingerprint density at radius 2 is 1.91 bits per heavy atom. The molecule has 1 rings (SSSR count). The predicted octanol–water partition coefficient (Wildman–Crippen LogP) is 5.69. The highest BCUT2D eigenvalue weighted by Gasteiger charge is 2.29. The zero-order valence-corrected chi connectivity index (χ0v) is 15.4. The van der Waals surface area contributed by atoms with Gasteiger partial charge in [-0.2, -0.15) is 0 Å². The quantitative estimate of drug-likeness (QED) is 0.165. The van der Waals surface area contributed by atoms with E-state index >= 15 is 0 Å². The Balaban J connectivity index is 2.12. The maximum atomic E-state index is 9.89. The molecule has 3 nitrogen and oxygen atoms in total. The zero-order valence-electron chi connectivity index (χ0n) is 15.4. The average Bonchev–Trinajstić information content (AvgIpc) is 2.52. The molecule has 23 heavy (non-hydrogen) atoms. The van der Waals surface area contributed by atoms with E-state index in [4.69, 9.17) is 9.78 Å². The Kier molecular flexibility index (Phi) is 9.77. The number of aliphatic hydroxyl groups excluding tert-OH is 1. The maximum absolute atomic E-state index is 9.89. The highest BCUT2D eigenvalue weighted by molar-refractivity contribution is 5.15. The van der Waals surface area contributed by atoms with E-state index in [0.717, 1.165) is 25.7 Å². The molecular weight excluding hydrogens is 288 g/mol. The van der Waals surface area contributed by atoms with Gasteiger partial charge in [0.25, 0.3) is 0 Å². The van der Waals surface area contributed by atoms with Gasteiger partial charge in [-0.3, -0.25) is 0 Å². The van der Waals surface area contributed by atoms with Crippen molar-refractivity contribution in [3.8, 4) is 0 Å². The van der Waals surface area contributed by atoms with Gasteiger partial charge in [-0.25, -0.2) is 9.78 Å². The Morgan fingerprint density at radius 1 is 1.26 bits per heavy atom. The van der Waals surface area contributed by atoms with Gasteiger partial charge in [-0.1, -0.05) is 69.8 Å². The lowest BCUT2D eigenvalue weighted by Gasteiger charge is -2.31. The first-order valence-corrected chi connectivity index (χ1v) is 9.34. The van der Waals surface area contributed by atoms with Crippen LogP contribution in [-0.2, 0) is 9.78 Å². The summed E-state index contributed by atoms with van der Waals surface area (Å²) in [6.07, 6.45) is 14.5. The van der Waals surface area contributed by atoms with E-state index in [1.165, 1.54) is 37.7 Å². The summed E-state index contributed by atoms with van der Waals surface area (Å²) >= 11 is 0. The summed E-state index contributed by atoms with van der Waals surface area (Å²) in [7, 11) is 0. The normalized spacial score (nSPS) is 25.5. The smallest absolute Gasteiger partial charge is 0.188 e. The summed E-state index contributed by atoms with van der Waals surface area (Å²) in [4.78, 5) is 10.7. The van der Waals surface area contributed by atoms with Crippen molar-refractivity contribution in [3.05, 3.63) is 24.3 Å². The lowest BCUT2D eigenvalue weighted by molar-refractivity contribution is -0.408. The summed E-state index contributed by atoms with van der Waals surface area (Å²) in [5.41, 5.74) is 0.746. The van der Waals surface area contributed by atoms with Gasteiger partial charge in [0.05, 0.1) is 0 Å². The van der Waals surface area contributed by atoms with Gasteiger partial charge >= 0.3 is 0 Å². The fourth-order valence-corrected chi connectivity index (χ4v) is 2.91. The number of unbranched alkanes of at least 4 members (excludes halogenated alkanes) is 6. The number of aliphatic hydroxyl groups is 1. The first-order valence-electron chi connectivity index (χ1n) is 9.34. The molecule has 0 radical (unpaired) electrons. The molecule has 0 heterocycles. The van der Waals surface area contributed by atoms with Crippen molar-refractivity contribution in [1.82, 2.24) is 0 Å². The SMILES string of the molecule is C=C(C)[C@H]1C=C[C@@](C)(OOC(O)CCCCCCCCC)CC1. The van der Waals surface area contributed by atoms with Gasteiger partial charge in [0.15, 0.2) is 6.29 Å². The molecule has 0 amide bonds. The van der Waals surface area contributed by atoms with Crippen LogP contribution in [0.3, 0.4) is 0 Å². The van der Waals surface area contributed by atoms with Crippen LogP contribution in [0.25, 0.3) is 0 Å². The molecule has 1 aliphatic carbocycles. The third kappa shape index (κ3) is 8.69. The summed E-state index contributed by atoms with van der Waals surface area (Å²) in [6.45, 7) is 10.3. The Hall–Kier alpha value is -0.640. The summed E-state index contributed by atoms with van der Waals surface area (Å²) in [5, 5.41) is 9.89. The topological polar surface area (TPSA) is 38.7 Å². The molecule has 0 bridgehead atoms. The molecule has 134 valence electrons. The van der Waals surface area contributed by atoms with Gasteiger partial charge in [-0.05, 0) is 39.0 Å². The van der Waals surface area contributed by atoms with E-state index in [2.05, 4.69) is 26.5 Å². The zero-order chi connectivity index (χ0) is 17.1. The predicted molar refractivity (Wildman–Crippen MR) is 95.9 cm³/mol. The van der Waals surface area contributed by atoms with Crippen molar-refractivity contribution in [2.24, 2.45) is 5.92 Å². The second kappa shape index (κ2) is 11.0. The molecule has 0 aliphatic heterocycles. The molecule has 3 heteroatoms. The Labute approximate surface area is 142 Å². The van der Waals surface area contributed by atoms with E-state index in [-0.39, 0.29) is 0 Å². The molecule has 0 aromatic heterocycles. The van der Waals surface area contributed by atoms with Crippen molar-refractivity contribution in [1.29, 1.82) is 0 Å². The van der Waals surface area contributed by atoms with Crippen LogP contribution < -0.4 is 0 Å². The molecule has 0 saturated carbocycles. The minimum absolute atomic E-state index is 0.435. The molecule has 0 aromatic carbocycles. The Morgan fingerprint density at radius 3 is 2.48 bits per heavy atom. The lowest BCUT2D eigenvalue weighted by atomic mass is 9.83. The molecule has 0 aromatic rings. The highest BCUT2D eigenvalue weighted by atomic mass is 17.2. The second-order valence-electron chi connectivity index (χ2n) is 7.21. The largest absolute Gasteiger partial charge is 0.366 e. The minimum atomic E-state index is -0.824. The monoisotopic (exact) mass is 324 g/mol. The summed E-state index contributed by atoms with van der Waals surface area (Å²) in [6, 6.07) is 0. The highest BCUT2D eigenvalue weighted by Crippen LogP contribution is 2.32. The van der Waals surface area contributed by atoms with E-state index < -0.39 is 11.9 Å². The van der Waals surface area contributed by atoms with Crippen molar-refractivity contribution in [2.45, 2.75) is 96.9 Å². The minimum Gasteiger partial charge on any atom is -0.366 e. The van der Waals surface area contributed by atoms with Crippen molar-refractivity contribution < 1.29 is 14.9 Å². The molecule has 0 saturated heterocycles. The van der Waals surface area contributed by atoms with Crippen LogP contribution in [0.5, 0.6) is 0 Å². The van der Waals surface area contributed by atoms with Crippen LogP contribution in [0.1, 0.15) is 85.0 Å². The summed E-state index contributed by atoms with van der Waals surface area (Å²) in [5.74, 6) is 0.435. The number of hydrogen-bond donors (Lipinski definition) is 1. The molecular formula is C20H36O3. The van der Waals surface area contributed by atoms with Crippen LogP contribution in [0.15, 0.2) is 24.3 Å². The van der Waals surface area contributed by atoms with Crippen LogP contribution >= 0.6 is 0 Å². The van der Waals surface area contributed by atoms with Crippen molar-refractivity contribution in [2.75, 3.05) is 0 Å². The fraction of sp³-hybridized carbons (Fsp3) is 0.800. The Bertz CT molecular complexity index is 364. The maximum Gasteiger partial charge on any atom is 0.188 e. The van der Waals surface area contributed by atoms with Crippen molar-refractivity contribution >= 4 is 0 Å². The standard InChI is InChI=1S/C20H36O3/c1-5-6-7-8-9-10-11-12-19(21)22-23-20(4)15-13-18(14-16-20)17(2)3/h13,15,18-19,21H,2,5-12,14,16H2,1,3-4H3/t18-,19?,20+/m0/s1. The second-order valence-corrected chi connectivity index (χ2v) is 7.21. The van der Waals surface area contributed by atoms with Crippen LogP contribution in [0.2, 0.25) is 0 Å². The molecule has 1 N–H and O–H groups in total. The van der Waals surface area contributed by atoms with Crippen LogP contribution in [0.4, 0.5) is 0 Å². The van der Waals surface area contributed by atoms with E-state index in [0.29, 0.717) is 12.3 Å². The molecule has 0 spiro atoms. The third-order valence-electron chi connectivity index (χ3n) is 4.67. The van der Waals surface area contributed by atoms with Crippen molar-refractivity contribution in [3.63, 3.8) is 0 Å². The van der Waals surface area contributed by atoms with Gasteiger partial charge in [0, 0.05) is 6.42 Å². The average molecular weight is 325 g/mol. The molecule has 1 unspecified atom stereocenters. The van der Waals surface area contributed by atoms with Gasteiger partial charge in [-0.15, -0.1) is 0 Å². The molecule has 0 fully saturated rings. The first-order chi connectivity index (χ1) is 11.0. The number of allylic oxidation sites excluding steroid dienone is 2. The number of rotatable bonds is 12. The van der Waals surface area contributed by atoms with E-state index in [9.17, 15) is 5.11 Å². The lowest BCUT2D eigenvalue weighted by Crippen LogP contribution is -2.32. The van der Waals surface area contributed by atoms with Gasteiger partial charge < -0.3 is 5.11 Å². The van der Waals surface area contributed by atoms with E-state index in [1.54, 1.807) is 0 Å². The van der Waals surface area contributed by atoms with Crippen LogP contribution in [-0.4, -0.2) is 17.0 Å². The van der Waals surface area contributed by atoms with Crippen LogP contribution in [0, 0.1) is 5.92 Å². The van der Waals surface area contributed by atoms with E-state index in [1.807, 2.05) is 13.0 Å². The third-order valence-corrected chi connectivity index (χ3v) is 4.67. The number of hydrogen-bond acceptors (Lipinski definition) is 3.